The summed E-state index contributed by atoms with van der Waals surface area (Å²) in [6.45, 7) is 2.54. The summed E-state index contributed by atoms with van der Waals surface area (Å²) >= 11 is 3.64. The molecule has 10 heteroatoms. The molecule has 0 bridgehead atoms. The Morgan fingerprint density at radius 2 is 2.12 bits per heavy atom. The summed E-state index contributed by atoms with van der Waals surface area (Å²) in [5.41, 5.74) is 11.6. The summed E-state index contributed by atoms with van der Waals surface area (Å²) in [7, 11) is 1.36. The molecule has 3 atom stereocenters. The van der Waals surface area contributed by atoms with Crippen molar-refractivity contribution >= 4 is 39.3 Å². The predicted molar refractivity (Wildman–Crippen MR) is 127 cm³/mol. The second kappa shape index (κ2) is 7.67. The first-order valence-electron chi connectivity index (χ1n) is 10.7. The predicted octanol–water partition coefficient (Wildman–Crippen LogP) is 4.81. The van der Waals surface area contributed by atoms with Gasteiger partial charge in [0.15, 0.2) is 0 Å². The minimum Gasteiger partial charge on any atom is -0.453 e. The number of ether oxygens (including phenoxy) is 1. The van der Waals surface area contributed by atoms with Crippen LogP contribution in [0.4, 0.5) is 16.2 Å². The van der Waals surface area contributed by atoms with E-state index in [4.69, 9.17) is 10.3 Å². The SMILES string of the molecule is COC(=O)N1CCC2([C@@]3(CCN=[N+]=[N-])C(=O)Nc4cc(C)c(Br)cc43)c3ccccc3N[C@H]12. The van der Waals surface area contributed by atoms with E-state index in [1.54, 1.807) is 4.90 Å². The lowest BCUT2D eigenvalue weighted by atomic mass is 9.55. The summed E-state index contributed by atoms with van der Waals surface area (Å²) in [4.78, 5) is 31.4. The highest BCUT2D eigenvalue weighted by Crippen LogP contribution is 2.63. The van der Waals surface area contributed by atoms with Gasteiger partial charge < -0.3 is 15.4 Å². The summed E-state index contributed by atoms with van der Waals surface area (Å²) in [5.74, 6) is -0.154. The zero-order valence-electron chi connectivity index (χ0n) is 18.3. The Bertz CT molecular complexity index is 1230. The van der Waals surface area contributed by atoms with Crippen molar-refractivity contribution in [1.29, 1.82) is 0 Å². The van der Waals surface area contributed by atoms with Crippen LogP contribution >= 0.6 is 15.9 Å². The Kier molecular flexibility index (Phi) is 5.02. The molecule has 3 aliphatic heterocycles. The number of fused-ring (bicyclic) bond motifs is 4. The molecule has 2 amide bonds. The number of carbonyl (C=O) groups excluding carboxylic acids is 2. The molecule has 3 heterocycles. The van der Waals surface area contributed by atoms with Crippen LogP contribution in [0.1, 0.15) is 29.5 Å². The van der Waals surface area contributed by atoms with Crippen LogP contribution in [0.3, 0.4) is 0 Å². The van der Waals surface area contributed by atoms with Crippen LogP contribution in [-0.4, -0.2) is 43.3 Å². The Hall–Kier alpha value is -3.23. The molecular weight excluding hydrogens is 488 g/mol. The van der Waals surface area contributed by atoms with Crippen LogP contribution in [0.5, 0.6) is 0 Å². The van der Waals surface area contributed by atoms with E-state index in [9.17, 15) is 9.59 Å². The number of carbonyl (C=O) groups is 2. The summed E-state index contributed by atoms with van der Waals surface area (Å²) in [6, 6.07) is 11.8. The highest BCUT2D eigenvalue weighted by molar-refractivity contribution is 9.10. The van der Waals surface area contributed by atoms with Crippen LogP contribution in [0.15, 0.2) is 46.0 Å². The van der Waals surface area contributed by atoms with Crippen molar-refractivity contribution in [3.63, 3.8) is 0 Å². The Labute approximate surface area is 199 Å². The number of amides is 2. The average molecular weight is 511 g/mol. The van der Waals surface area contributed by atoms with E-state index in [0.29, 0.717) is 19.4 Å². The number of likely N-dealkylation sites (tertiary alicyclic amines) is 1. The van der Waals surface area contributed by atoms with E-state index >= 15 is 0 Å². The third kappa shape index (κ3) is 2.74. The van der Waals surface area contributed by atoms with Gasteiger partial charge in [-0.15, -0.1) is 0 Å². The average Bonchev–Trinajstić information content (AvgIpc) is 3.42. The third-order valence-corrected chi connectivity index (χ3v) is 8.29. The molecular formula is C23H23BrN6O3. The maximum atomic E-state index is 14.0. The van der Waals surface area contributed by atoms with Crippen LogP contribution < -0.4 is 10.6 Å². The van der Waals surface area contributed by atoms with E-state index < -0.39 is 23.1 Å². The molecule has 0 saturated carbocycles. The topological polar surface area (TPSA) is 119 Å². The molecule has 2 aromatic rings. The molecule has 0 radical (unpaired) electrons. The summed E-state index contributed by atoms with van der Waals surface area (Å²) in [6.07, 6.45) is -0.0977. The minimum absolute atomic E-state index is 0.143. The number of nitrogens with one attached hydrogen (secondary N) is 2. The highest BCUT2D eigenvalue weighted by Gasteiger charge is 2.70. The lowest BCUT2D eigenvalue weighted by molar-refractivity contribution is -0.124. The third-order valence-electron chi connectivity index (χ3n) is 7.44. The molecule has 3 aliphatic rings. The lowest BCUT2D eigenvalue weighted by Crippen LogP contribution is -2.60. The van der Waals surface area contributed by atoms with Gasteiger partial charge in [-0.25, -0.2) is 4.79 Å². The zero-order valence-corrected chi connectivity index (χ0v) is 19.8. The maximum Gasteiger partial charge on any atom is 0.411 e. The smallest absolute Gasteiger partial charge is 0.411 e. The van der Waals surface area contributed by atoms with Crippen LogP contribution in [0.2, 0.25) is 0 Å². The van der Waals surface area contributed by atoms with Crippen molar-refractivity contribution in [3.8, 4) is 0 Å². The molecule has 1 saturated heterocycles. The van der Waals surface area contributed by atoms with Crippen LogP contribution in [0, 0.1) is 6.92 Å². The largest absolute Gasteiger partial charge is 0.453 e. The molecule has 9 nitrogen and oxygen atoms in total. The fourth-order valence-electron chi connectivity index (χ4n) is 6.11. The van der Waals surface area contributed by atoms with Crippen molar-refractivity contribution in [2.75, 3.05) is 30.8 Å². The van der Waals surface area contributed by atoms with Gasteiger partial charge in [0.2, 0.25) is 5.91 Å². The number of aryl methyl sites for hydroxylation is 1. The molecule has 170 valence electrons. The lowest BCUT2D eigenvalue weighted by Gasteiger charge is -2.46. The van der Waals surface area contributed by atoms with Gasteiger partial charge in [0.1, 0.15) is 6.17 Å². The van der Waals surface area contributed by atoms with Gasteiger partial charge >= 0.3 is 6.09 Å². The molecule has 0 aromatic heterocycles. The number of halogens is 1. The number of azide groups is 1. The molecule has 1 fully saturated rings. The van der Waals surface area contributed by atoms with E-state index in [0.717, 1.165) is 32.5 Å². The van der Waals surface area contributed by atoms with E-state index in [1.165, 1.54) is 7.11 Å². The summed E-state index contributed by atoms with van der Waals surface area (Å²) in [5, 5.41) is 10.4. The van der Waals surface area contributed by atoms with Gasteiger partial charge in [0.25, 0.3) is 0 Å². The maximum absolute atomic E-state index is 14.0. The van der Waals surface area contributed by atoms with Crippen LogP contribution in [-0.2, 0) is 20.4 Å². The first kappa shape index (κ1) is 21.6. The summed E-state index contributed by atoms with van der Waals surface area (Å²) < 4.78 is 5.97. The Balaban J connectivity index is 1.82. The number of nitrogens with zero attached hydrogens (tertiary/aromatic N) is 4. The van der Waals surface area contributed by atoms with Gasteiger partial charge in [-0.2, -0.15) is 0 Å². The van der Waals surface area contributed by atoms with Gasteiger partial charge in [-0.3, -0.25) is 9.69 Å². The monoisotopic (exact) mass is 510 g/mol. The van der Waals surface area contributed by atoms with Gasteiger partial charge in [0, 0.05) is 33.8 Å². The van der Waals surface area contributed by atoms with Crippen molar-refractivity contribution in [1.82, 2.24) is 4.90 Å². The van der Waals surface area contributed by atoms with Gasteiger partial charge in [-0.05, 0) is 60.2 Å². The molecule has 5 rings (SSSR count). The van der Waals surface area contributed by atoms with Gasteiger partial charge in [-0.1, -0.05) is 39.2 Å². The normalized spacial score (nSPS) is 26.6. The molecule has 2 N–H and O–H groups in total. The molecule has 33 heavy (non-hydrogen) atoms. The second-order valence-corrected chi connectivity index (χ2v) is 9.54. The first-order valence-corrected chi connectivity index (χ1v) is 11.5. The quantitative estimate of drug-likeness (QED) is 0.348. The van der Waals surface area contributed by atoms with E-state index in [2.05, 4.69) is 36.6 Å². The van der Waals surface area contributed by atoms with E-state index in [1.807, 2.05) is 43.3 Å². The standard InChI is InChI=1S/C23H23BrN6O3/c1-13-11-18-15(12-16(13)24)23(20(31)28-18,7-9-26-29-25)22-8-10-30(21(32)33-2)19(22)27-17-6-4-3-5-14(17)22/h3-6,11-12,19,27H,7-10H2,1-2H3,(H,28,31)/t19-,22?,23-/m1/s1. The van der Waals surface area contributed by atoms with E-state index in [-0.39, 0.29) is 12.5 Å². The highest BCUT2D eigenvalue weighted by atomic mass is 79.9. The van der Waals surface area contributed by atoms with Gasteiger partial charge in [0.05, 0.1) is 17.9 Å². The molecule has 1 unspecified atom stereocenters. The fraction of sp³-hybridized carbons (Fsp3) is 0.391. The van der Waals surface area contributed by atoms with Crippen molar-refractivity contribution in [2.45, 2.75) is 36.8 Å². The van der Waals surface area contributed by atoms with Crippen LogP contribution in [0.25, 0.3) is 10.4 Å². The number of hydrogen-bond acceptors (Lipinski definition) is 5. The Morgan fingerprint density at radius 1 is 1.33 bits per heavy atom. The van der Waals surface area contributed by atoms with Crippen molar-refractivity contribution < 1.29 is 14.3 Å². The molecule has 0 spiro atoms. The fourth-order valence-corrected chi connectivity index (χ4v) is 6.46. The number of rotatable bonds is 4. The Morgan fingerprint density at radius 3 is 2.88 bits per heavy atom. The van der Waals surface area contributed by atoms with Crippen molar-refractivity contribution in [3.05, 3.63) is 68.0 Å². The molecule has 2 aromatic carbocycles. The first-order chi connectivity index (χ1) is 15.9. The van der Waals surface area contributed by atoms with Crippen molar-refractivity contribution in [2.24, 2.45) is 5.11 Å². The zero-order chi connectivity index (χ0) is 23.4. The number of hydrogen-bond donors (Lipinski definition) is 2. The minimum atomic E-state index is -1.07. The number of para-hydroxylation sites is 1. The molecule has 0 aliphatic carbocycles. The number of anilines is 2. The number of methoxy groups -OCH3 is 1. The number of benzene rings is 2. The second-order valence-electron chi connectivity index (χ2n) is 8.69.